The minimum atomic E-state index is 0.580. The smallest absolute Gasteiger partial charge is 0.144 e. The number of hydrogen-bond donors (Lipinski definition) is 1. The predicted octanol–water partition coefficient (Wildman–Crippen LogP) is 1.99. The van der Waals surface area contributed by atoms with E-state index in [1.165, 1.54) is 19.3 Å². The van der Waals surface area contributed by atoms with Gasteiger partial charge in [0.1, 0.15) is 11.6 Å². The number of hydrogen-bond acceptors (Lipinski definition) is 4. The van der Waals surface area contributed by atoms with Crippen LogP contribution in [0.1, 0.15) is 37.7 Å². The number of nitrogens with zero attached hydrogens (tertiary/aromatic N) is 3. The van der Waals surface area contributed by atoms with E-state index >= 15 is 0 Å². The summed E-state index contributed by atoms with van der Waals surface area (Å²) in [5.74, 6) is 2.35. The molecule has 1 saturated heterocycles. The first kappa shape index (κ1) is 12.3. The van der Waals surface area contributed by atoms with Crippen LogP contribution in [-0.4, -0.2) is 28.0 Å². The lowest BCUT2D eigenvalue weighted by Gasteiger charge is -2.30. The van der Waals surface area contributed by atoms with Crippen LogP contribution in [0.2, 0.25) is 0 Å². The molecule has 2 rings (SSSR count). The van der Waals surface area contributed by atoms with E-state index in [-0.39, 0.29) is 0 Å². The van der Waals surface area contributed by atoms with Gasteiger partial charge in [0.05, 0.1) is 6.54 Å². The molecule has 94 valence electrons. The number of piperidine rings is 1. The van der Waals surface area contributed by atoms with E-state index in [4.69, 9.17) is 5.73 Å². The van der Waals surface area contributed by atoms with E-state index in [9.17, 15) is 0 Å². The van der Waals surface area contributed by atoms with Gasteiger partial charge in [-0.2, -0.15) is 0 Å². The van der Waals surface area contributed by atoms with Crippen LogP contribution in [0.15, 0.2) is 6.07 Å². The summed E-state index contributed by atoms with van der Waals surface area (Å²) in [4.78, 5) is 11.2. The number of rotatable bonds is 3. The molecule has 0 radical (unpaired) electrons. The lowest BCUT2D eigenvalue weighted by molar-refractivity contribution is 0.171. The van der Waals surface area contributed by atoms with Crippen LogP contribution in [0.5, 0.6) is 0 Å². The molecular weight excluding hydrogens is 212 g/mol. The molecule has 2 N–H and O–H groups in total. The monoisotopic (exact) mass is 234 g/mol. The fourth-order valence-electron chi connectivity index (χ4n) is 2.48. The maximum absolute atomic E-state index is 5.74. The Morgan fingerprint density at radius 1 is 1.35 bits per heavy atom. The third-order valence-corrected chi connectivity index (χ3v) is 3.57. The number of aromatic nitrogens is 2. The largest absolute Gasteiger partial charge is 0.384 e. The highest BCUT2D eigenvalue weighted by Crippen LogP contribution is 2.20. The van der Waals surface area contributed by atoms with Crippen molar-refractivity contribution < 1.29 is 0 Å². The van der Waals surface area contributed by atoms with Crippen molar-refractivity contribution >= 4 is 5.82 Å². The van der Waals surface area contributed by atoms with E-state index in [0.717, 1.165) is 37.1 Å². The van der Waals surface area contributed by atoms with Gasteiger partial charge in [-0.15, -0.1) is 0 Å². The van der Waals surface area contributed by atoms with Crippen LogP contribution in [0.25, 0.3) is 0 Å². The van der Waals surface area contributed by atoms with Gasteiger partial charge < -0.3 is 5.73 Å². The summed E-state index contributed by atoms with van der Waals surface area (Å²) in [6.45, 7) is 7.41. The molecule has 17 heavy (non-hydrogen) atoms. The Labute approximate surface area is 103 Å². The Balaban J connectivity index is 1.93. The van der Waals surface area contributed by atoms with E-state index in [1.807, 2.05) is 13.0 Å². The van der Waals surface area contributed by atoms with Crippen molar-refractivity contribution in [2.24, 2.45) is 5.92 Å². The molecule has 1 aliphatic rings. The Hall–Kier alpha value is -1.16. The number of aryl methyl sites for hydroxylation is 1. The fourth-order valence-corrected chi connectivity index (χ4v) is 2.48. The van der Waals surface area contributed by atoms with Crippen molar-refractivity contribution in [2.75, 3.05) is 18.8 Å². The summed E-state index contributed by atoms with van der Waals surface area (Å²) in [7, 11) is 0. The van der Waals surface area contributed by atoms with Crippen molar-refractivity contribution in [3.8, 4) is 0 Å². The fraction of sp³-hybridized carbons (Fsp3) is 0.692. The van der Waals surface area contributed by atoms with Crippen LogP contribution in [0, 0.1) is 12.8 Å². The number of nitrogens with two attached hydrogens (primary N) is 1. The van der Waals surface area contributed by atoms with Gasteiger partial charge in [-0.3, -0.25) is 4.90 Å². The van der Waals surface area contributed by atoms with Crippen molar-refractivity contribution in [1.29, 1.82) is 0 Å². The van der Waals surface area contributed by atoms with Crippen LogP contribution in [0.4, 0.5) is 5.82 Å². The zero-order valence-electron chi connectivity index (χ0n) is 10.8. The maximum atomic E-state index is 5.74. The standard InChI is InChI=1S/C13H22N4/c1-3-11-4-6-17(7-5-11)9-13-15-10(2)8-12(14)16-13/h8,11H,3-7,9H2,1-2H3,(H2,14,15,16). The molecule has 2 heterocycles. The van der Waals surface area contributed by atoms with Gasteiger partial charge in [-0.05, 0) is 38.8 Å². The summed E-state index contributed by atoms with van der Waals surface area (Å²) in [6, 6.07) is 1.81. The van der Waals surface area contributed by atoms with Crippen molar-refractivity contribution in [2.45, 2.75) is 39.7 Å². The van der Waals surface area contributed by atoms with Crippen LogP contribution in [0.3, 0.4) is 0 Å². The average molecular weight is 234 g/mol. The lowest BCUT2D eigenvalue weighted by atomic mass is 9.94. The number of likely N-dealkylation sites (tertiary alicyclic amines) is 1. The second kappa shape index (κ2) is 5.45. The van der Waals surface area contributed by atoms with Gasteiger partial charge in [0, 0.05) is 11.8 Å². The number of anilines is 1. The highest BCUT2D eigenvalue weighted by Gasteiger charge is 2.18. The van der Waals surface area contributed by atoms with Crippen molar-refractivity contribution in [3.63, 3.8) is 0 Å². The molecule has 1 aromatic rings. The molecule has 0 saturated carbocycles. The third kappa shape index (κ3) is 3.40. The SMILES string of the molecule is CCC1CCN(Cc2nc(C)cc(N)n2)CC1. The molecule has 4 nitrogen and oxygen atoms in total. The first-order valence-electron chi connectivity index (χ1n) is 6.49. The molecule has 0 spiro atoms. The molecular formula is C13H22N4. The summed E-state index contributed by atoms with van der Waals surface area (Å²) in [5, 5.41) is 0. The zero-order valence-corrected chi connectivity index (χ0v) is 10.8. The quantitative estimate of drug-likeness (QED) is 0.869. The van der Waals surface area contributed by atoms with E-state index < -0.39 is 0 Å². The normalized spacial score (nSPS) is 18.5. The highest BCUT2D eigenvalue weighted by molar-refractivity contribution is 5.29. The first-order valence-corrected chi connectivity index (χ1v) is 6.49. The van der Waals surface area contributed by atoms with Gasteiger partial charge >= 0.3 is 0 Å². The predicted molar refractivity (Wildman–Crippen MR) is 69.5 cm³/mol. The Morgan fingerprint density at radius 3 is 2.65 bits per heavy atom. The van der Waals surface area contributed by atoms with Crippen LogP contribution in [-0.2, 0) is 6.54 Å². The molecule has 4 heteroatoms. The highest BCUT2D eigenvalue weighted by atomic mass is 15.2. The van der Waals surface area contributed by atoms with Crippen molar-refractivity contribution in [1.82, 2.24) is 14.9 Å². The van der Waals surface area contributed by atoms with Crippen molar-refractivity contribution in [3.05, 3.63) is 17.6 Å². The van der Waals surface area contributed by atoms with Gasteiger partial charge in [0.15, 0.2) is 0 Å². The molecule has 1 aromatic heterocycles. The molecule has 0 unspecified atom stereocenters. The molecule has 1 aliphatic heterocycles. The van der Waals surface area contributed by atoms with Gasteiger partial charge in [-0.1, -0.05) is 13.3 Å². The van der Waals surface area contributed by atoms with Crippen LogP contribution < -0.4 is 5.73 Å². The summed E-state index contributed by atoms with van der Waals surface area (Å²) >= 11 is 0. The van der Waals surface area contributed by atoms with Crippen LogP contribution >= 0.6 is 0 Å². The summed E-state index contributed by atoms with van der Waals surface area (Å²) in [6.07, 6.45) is 3.91. The van der Waals surface area contributed by atoms with E-state index in [1.54, 1.807) is 0 Å². The van der Waals surface area contributed by atoms with E-state index in [2.05, 4.69) is 21.8 Å². The molecule has 0 bridgehead atoms. The zero-order chi connectivity index (χ0) is 12.3. The van der Waals surface area contributed by atoms with Gasteiger partial charge in [0.2, 0.25) is 0 Å². The average Bonchev–Trinajstić information content (AvgIpc) is 2.28. The van der Waals surface area contributed by atoms with Gasteiger partial charge in [-0.25, -0.2) is 9.97 Å². The first-order chi connectivity index (χ1) is 8.17. The summed E-state index contributed by atoms with van der Waals surface area (Å²) < 4.78 is 0. The molecule has 0 amide bonds. The Bertz CT molecular complexity index is 349. The lowest BCUT2D eigenvalue weighted by Crippen LogP contribution is -2.33. The Kier molecular flexibility index (Phi) is 3.94. The Morgan fingerprint density at radius 2 is 2.06 bits per heavy atom. The molecule has 1 fully saturated rings. The molecule has 0 aromatic carbocycles. The summed E-state index contributed by atoms with van der Waals surface area (Å²) in [5.41, 5.74) is 6.69. The minimum absolute atomic E-state index is 0.580. The topological polar surface area (TPSA) is 55.0 Å². The minimum Gasteiger partial charge on any atom is -0.384 e. The molecule has 0 atom stereocenters. The second-order valence-electron chi connectivity index (χ2n) is 4.98. The third-order valence-electron chi connectivity index (χ3n) is 3.57. The number of nitrogen functional groups attached to an aromatic ring is 1. The molecule has 0 aliphatic carbocycles. The second-order valence-corrected chi connectivity index (χ2v) is 4.98. The maximum Gasteiger partial charge on any atom is 0.144 e. The van der Waals surface area contributed by atoms with Gasteiger partial charge in [0.25, 0.3) is 0 Å². The van der Waals surface area contributed by atoms with E-state index in [0.29, 0.717) is 5.82 Å².